The van der Waals surface area contributed by atoms with Gasteiger partial charge in [0.1, 0.15) is 0 Å². The molecule has 84 valence electrons. The van der Waals surface area contributed by atoms with Crippen molar-refractivity contribution in [3.8, 4) is 0 Å². The first-order valence-corrected chi connectivity index (χ1v) is 5.90. The molecule has 0 aliphatic heterocycles. The fraction of sp³-hybridized carbons (Fsp3) is 0.750. The van der Waals surface area contributed by atoms with Crippen molar-refractivity contribution in [1.29, 1.82) is 0 Å². The Balaban J connectivity index is 1.73. The maximum absolute atomic E-state index is 4.32. The van der Waals surface area contributed by atoms with Gasteiger partial charge in [-0.1, -0.05) is 6.92 Å². The summed E-state index contributed by atoms with van der Waals surface area (Å²) in [4.78, 5) is 0. The molecule has 2 atom stereocenters. The lowest BCUT2D eigenvalue weighted by Crippen LogP contribution is -2.16. The van der Waals surface area contributed by atoms with Crippen molar-refractivity contribution in [2.75, 3.05) is 6.54 Å². The van der Waals surface area contributed by atoms with E-state index in [1.807, 2.05) is 10.9 Å². The Labute approximate surface area is 91.9 Å². The average Bonchev–Trinajstić information content (AvgIpc) is 2.71. The molecule has 0 spiro atoms. The van der Waals surface area contributed by atoms with Crippen molar-refractivity contribution in [2.45, 2.75) is 39.8 Å². The highest BCUT2D eigenvalue weighted by molar-refractivity contribution is 5.04. The highest BCUT2D eigenvalue weighted by Gasteiger charge is 2.31. The van der Waals surface area contributed by atoms with E-state index in [0.29, 0.717) is 6.04 Å². The molecule has 0 aromatic carbocycles. The van der Waals surface area contributed by atoms with Gasteiger partial charge in [0.05, 0.1) is 6.20 Å². The molecule has 2 rings (SSSR count). The number of hydrogen-bond acceptors (Lipinski definition) is 2. The molecule has 1 aliphatic carbocycles. The fourth-order valence-corrected chi connectivity index (χ4v) is 1.84. The molecule has 1 fully saturated rings. The minimum atomic E-state index is 0.460. The first-order chi connectivity index (χ1) is 7.16. The third-order valence-electron chi connectivity index (χ3n) is 3.20. The lowest BCUT2D eigenvalue weighted by atomic mass is 10.3. The zero-order valence-corrected chi connectivity index (χ0v) is 9.90. The van der Waals surface area contributed by atoms with Gasteiger partial charge in [-0.15, -0.1) is 0 Å². The zero-order valence-electron chi connectivity index (χ0n) is 9.90. The average molecular weight is 207 g/mol. The van der Waals surface area contributed by atoms with Gasteiger partial charge in [0.25, 0.3) is 0 Å². The molecule has 1 saturated carbocycles. The van der Waals surface area contributed by atoms with Crippen LogP contribution in [-0.2, 0) is 6.54 Å². The number of nitrogens with one attached hydrogen (secondary N) is 1. The molecule has 15 heavy (non-hydrogen) atoms. The molecular weight excluding hydrogens is 186 g/mol. The van der Waals surface area contributed by atoms with Crippen LogP contribution in [0.5, 0.6) is 0 Å². The molecule has 2 unspecified atom stereocenters. The van der Waals surface area contributed by atoms with Crippen LogP contribution in [0.2, 0.25) is 0 Å². The van der Waals surface area contributed by atoms with Crippen molar-refractivity contribution in [1.82, 2.24) is 15.1 Å². The second-order valence-corrected chi connectivity index (χ2v) is 5.03. The maximum Gasteiger partial charge on any atom is 0.0534 e. The lowest BCUT2D eigenvalue weighted by molar-refractivity contribution is 0.531. The molecule has 0 amide bonds. The Morgan fingerprint density at radius 2 is 2.33 bits per heavy atom. The minimum Gasteiger partial charge on any atom is -0.312 e. The summed E-state index contributed by atoms with van der Waals surface area (Å²) in [6.07, 6.45) is 5.50. The standard InChI is InChI=1S/C12H21N3/c1-9(2)15-8-11(6-14-15)5-13-7-12-4-10(12)3/h6,8-10,12-13H,4-5,7H2,1-3H3. The van der Waals surface area contributed by atoms with Crippen molar-refractivity contribution in [2.24, 2.45) is 11.8 Å². The summed E-state index contributed by atoms with van der Waals surface area (Å²) < 4.78 is 2.01. The Morgan fingerprint density at radius 1 is 1.60 bits per heavy atom. The molecule has 1 aromatic rings. The van der Waals surface area contributed by atoms with Gasteiger partial charge in [0.2, 0.25) is 0 Å². The second kappa shape index (κ2) is 4.35. The van der Waals surface area contributed by atoms with Crippen molar-refractivity contribution in [3.63, 3.8) is 0 Å². The van der Waals surface area contributed by atoms with Gasteiger partial charge in [0, 0.05) is 24.3 Å². The Bertz CT molecular complexity index is 316. The monoisotopic (exact) mass is 207 g/mol. The summed E-state index contributed by atoms with van der Waals surface area (Å²) in [5, 5.41) is 7.81. The predicted octanol–water partition coefficient (Wildman–Crippen LogP) is 2.21. The van der Waals surface area contributed by atoms with Crippen LogP contribution in [0.1, 0.15) is 38.8 Å². The molecule has 3 nitrogen and oxygen atoms in total. The van der Waals surface area contributed by atoms with Gasteiger partial charge >= 0.3 is 0 Å². The summed E-state index contributed by atoms with van der Waals surface area (Å²) in [7, 11) is 0. The van der Waals surface area contributed by atoms with Gasteiger partial charge in [-0.05, 0) is 38.6 Å². The SMILES string of the molecule is CC1CC1CNCc1cnn(C(C)C)c1. The largest absolute Gasteiger partial charge is 0.312 e. The maximum atomic E-state index is 4.32. The van der Waals surface area contributed by atoms with E-state index < -0.39 is 0 Å². The van der Waals surface area contributed by atoms with Gasteiger partial charge in [-0.3, -0.25) is 4.68 Å². The summed E-state index contributed by atoms with van der Waals surface area (Å²) in [6.45, 7) is 8.74. The lowest BCUT2D eigenvalue weighted by Gasteiger charge is -2.03. The van der Waals surface area contributed by atoms with Crippen molar-refractivity contribution in [3.05, 3.63) is 18.0 Å². The normalized spacial score (nSPS) is 24.8. The van der Waals surface area contributed by atoms with Crippen LogP contribution >= 0.6 is 0 Å². The molecule has 1 N–H and O–H groups in total. The molecule has 1 heterocycles. The minimum absolute atomic E-state index is 0.460. The summed E-state index contributed by atoms with van der Waals surface area (Å²) in [5.41, 5.74) is 1.29. The van der Waals surface area contributed by atoms with Crippen LogP contribution in [0.25, 0.3) is 0 Å². The van der Waals surface area contributed by atoms with E-state index in [1.165, 1.54) is 12.0 Å². The van der Waals surface area contributed by atoms with E-state index in [1.54, 1.807) is 0 Å². The molecule has 0 radical (unpaired) electrons. The van der Waals surface area contributed by atoms with Crippen molar-refractivity contribution < 1.29 is 0 Å². The van der Waals surface area contributed by atoms with Gasteiger partial charge in [-0.2, -0.15) is 5.10 Å². The molecule has 3 heteroatoms. The smallest absolute Gasteiger partial charge is 0.0534 e. The van der Waals surface area contributed by atoms with Gasteiger partial charge in [0.15, 0.2) is 0 Å². The summed E-state index contributed by atoms with van der Waals surface area (Å²) in [6, 6.07) is 0.460. The molecule has 1 aromatic heterocycles. The summed E-state index contributed by atoms with van der Waals surface area (Å²) >= 11 is 0. The van der Waals surface area contributed by atoms with Gasteiger partial charge < -0.3 is 5.32 Å². The number of hydrogen-bond donors (Lipinski definition) is 1. The van der Waals surface area contributed by atoms with E-state index in [9.17, 15) is 0 Å². The van der Waals surface area contributed by atoms with E-state index in [0.717, 1.165) is 24.9 Å². The van der Waals surface area contributed by atoms with Crippen LogP contribution < -0.4 is 5.32 Å². The van der Waals surface area contributed by atoms with Crippen LogP contribution in [0.15, 0.2) is 12.4 Å². The molecule has 0 bridgehead atoms. The van der Waals surface area contributed by atoms with Gasteiger partial charge in [-0.25, -0.2) is 0 Å². The van der Waals surface area contributed by atoms with Crippen molar-refractivity contribution >= 4 is 0 Å². The van der Waals surface area contributed by atoms with E-state index in [-0.39, 0.29) is 0 Å². The number of rotatable bonds is 5. The third-order valence-corrected chi connectivity index (χ3v) is 3.20. The van der Waals surface area contributed by atoms with Crippen LogP contribution in [0, 0.1) is 11.8 Å². The van der Waals surface area contributed by atoms with Crippen LogP contribution in [-0.4, -0.2) is 16.3 Å². The fourth-order valence-electron chi connectivity index (χ4n) is 1.84. The highest BCUT2D eigenvalue weighted by Crippen LogP contribution is 2.36. The van der Waals surface area contributed by atoms with E-state index >= 15 is 0 Å². The third kappa shape index (κ3) is 2.81. The van der Waals surface area contributed by atoms with E-state index in [4.69, 9.17) is 0 Å². The zero-order chi connectivity index (χ0) is 10.8. The highest BCUT2D eigenvalue weighted by atomic mass is 15.3. The Hall–Kier alpha value is -0.830. The Kier molecular flexibility index (Phi) is 3.10. The Morgan fingerprint density at radius 3 is 2.87 bits per heavy atom. The second-order valence-electron chi connectivity index (χ2n) is 5.03. The molecule has 0 saturated heterocycles. The quantitative estimate of drug-likeness (QED) is 0.802. The number of aromatic nitrogens is 2. The predicted molar refractivity (Wildman–Crippen MR) is 61.6 cm³/mol. The summed E-state index contributed by atoms with van der Waals surface area (Å²) in [5.74, 6) is 1.86. The van der Waals surface area contributed by atoms with Crippen LogP contribution in [0.4, 0.5) is 0 Å². The topological polar surface area (TPSA) is 29.9 Å². The van der Waals surface area contributed by atoms with E-state index in [2.05, 4.69) is 37.4 Å². The van der Waals surface area contributed by atoms with Crippen LogP contribution in [0.3, 0.4) is 0 Å². The first kappa shape index (κ1) is 10.7. The molecule has 1 aliphatic rings. The number of nitrogens with zero attached hydrogens (tertiary/aromatic N) is 2. The first-order valence-electron chi connectivity index (χ1n) is 5.90. The molecular formula is C12H21N3.